The van der Waals surface area contributed by atoms with Gasteiger partial charge in [-0.25, -0.2) is 0 Å². The molecule has 46 heavy (non-hydrogen) atoms. The second kappa shape index (κ2) is 14.0. The molecule has 2 heterocycles. The molecule has 4 aromatic rings. The summed E-state index contributed by atoms with van der Waals surface area (Å²) < 4.78 is 18.2. The molecule has 1 unspecified atom stereocenters. The van der Waals surface area contributed by atoms with Gasteiger partial charge in [-0.1, -0.05) is 84.8 Å². The largest absolute Gasteiger partial charge is 0.488 e. The molecule has 2 amide bonds. The summed E-state index contributed by atoms with van der Waals surface area (Å²) in [4.78, 5) is 30.0. The van der Waals surface area contributed by atoms with Gasteiger partial charge in [0.15, 0.2) is 17.0 Å². The van der Waals surface area contributed by atoms with Gasteiger partial charge < -0.3 is 35.5 Å². The van der Waals surface area contributed by atoms with Crippen molar-refractivity contribution in [3.8, 4) is 11.5 Å². The van der Waals surface area contributed by atoms with E-state index in [9.17, 15) is 9.59 Å². The number of oxime groups is 1. The summed E-state index contributed by atoms with van der Waals surface area (Å²) in [6.07, 6.45) is 2.78. The Bertz CT molecular complexity index is 1750. The summed E-state index contributed by atoms with van der Waals surface area (Å²) >= 11 is 0. The van der Waals surface area contributed by atoms with E-state index in [1.54, 1.807) is 0 Å². The zero-order valence-electron chi connectivity index (χ0n) is 25.4. The summed E-state index contributed by atoms with van der Waals surface area (Å²) in [5.74, 6) is -0.0216. The number of nitrogens with two attached hydrogens (primary N) is 2. The topological polar surface area (TPSA) is 185 Å². The number of amides is 2. The first kappa shape index (κ1) is 31.8. The molecular formula is C34H35N5O7. The molecule has 12 nitrogen and oxygen atoms in total. The molecule has 0 spiro atoms. The first-order chi connectivity index (χ1) is 22.2. The minimum absolute atomic E-state index is 0.0110. The molecule has 0 fully saturated rings. The lowest BCUT2D eigenvalue weighted by atomic mass is 9.95. The number of carbonyl (C=O) groups excluding carboxylic acids is 2. The van der Waals surface area contributed by atoms with E-state index in [4.69, 9.17) is 35.5 Å². The number of aromatic nitrogens is 1. The summed E-state index contributed by atoms with van der Waals surface area (Å²) in [5.41, 5.74) is 15.6. The molecule has 12 heteroatoms. The van der Waals surface area contributed by atoms with Crippen LogP contribution in [0, 0.1) is 0 Å². The Morgan fingerprint density at radius 3 is 2.17 bits per heavy atom. The number of hydrogen-bond acceptors (Lipinski definition) is 10. The fraction of sp³-hybridized carbons (Fsp3) is 0.235. The summed E-state index contributed by atoms with van der Waals surface area (Å²) in [6.45, 7) is 4.90. The standard InChI is InChI=1S/C34H35N5O7/c1-21(2)25-15-24(27(43-18-22-9-5-3-6-10-22)16-28(25)44-19-23-11-7-4-8-12-23)13-14-26-30(31(32(35)40)38-45-26)29-17-34(20-37-42,33(36)41)39-46-29/h3-12,15-17,20-21,39,42H,13-14,18-19H2,1-2H3,(H2,35,40)(H2,36,41). The van der Waals surface area contributed by atoms with Gasteiger partial charge in [-0.15, -0.1) is 5.48 Å². The average Bonchev–Trinajstić information content (AvgIpc) is 3.68. The molecule has 1 aliphatic heterocycles. The van der Waals surface area contributed by atoms with Crippen LogP contribution in [0.4, 0.5) is 0 Å². The number of hydrogen-bond donors (Lipinski definition) is 4. The smallest absolute Gasteiger partial charge is 0.271 e. The van der Waals surface area contributed by atoms with Crippen molar-refractivity contribution in [2.24, 2.45) is 16.6 Å². The van der Waals surface area contributed by atoms with Crippen LogP contribution in [0.5, 0.6) is 11.5 Å². The van der Waals surface area contributed by atoms with Gasteiger partial charge in [-0.2, -0.15) is 0 Å². The molecule has 0 saturated carbocycles. The Kier molecular flexibility index (Phi) is 9.67. The highest BCUT2D eigenvalue weighted by Gasteiger charge is 2.42. The van der Waals surface area contributed by atoms with Crippen LogP contribution in [0.3, 0.4) is 0 Å². The van der Waals surface area contributed by atoms with Crippen LogP contribution >= 0.6 is 0 Å². The molecule has 0 bridgehead atoms. The van der Waals surface area contributed by atoms with E-state index >= 15 is 0 Å². The molecule has 1 atom stereocenters. The molecule has 0 radical (unpaired) electrons. The van der Waals surface area contributed by atoms with Crippen molar-refractivity contribution < 1.29 is 33.6 Å². The first-order valence-corrected chi connectivity index (χ1v) is 14.6. The normalized spacial score (nSPS) is 15.9. The molecule has 3 aromatic carbocycles. The number of aryl methyl sites for hydroxylation is 2. The number of nitrogens with zero attached hydrogens (tertiary/aromatic N) is 2. The number of primary amides is 2. The molecule has 0 saturated heterocycles. The molecular weight excluding hydrogens is 590 g/mol. The number of carbonyl (C=O) groups is 2. The van der Waals surface area contributed by atoms with Gasteiger partial charge in [0.05, 0.1) is 11.8 Å². The fourth-order valence-corrected chi connectivity index (χ4v) is 5.03. The van der Waals surface area contributed by atoms with Gasteiger partial charge in [-0.05, 0) is 46.7 Å². The molecule has 6 N–H and O–H groups in total. The van der Waals surface area contributed by atoms with Crippen LogP contribution in [0.15, 0.2) is 88.6 Å². The lowest BCUT2D eigenvalue weighted by molar-refractivity contribution is -0.122. The van der Waals surface area contributed by atoms with Gasteiger partial charge in [0.2, 0.25) is 0 Å². The third kappa shape index (κ3) is 7.02. The van der Waals surface area contributed by atoms with E-state index in [1.807, 2.05) is 66.7 Å². The Morgan fingerprint density at radius 1 is 0.978 bits per heavy atom. The molecule has 0 aliphatic carbocycles. The van der Waals surface area contributed by atoms with Crippen molar-refractivity contribution in [3.05, 3.63) is 118 Å². The number of ether oxygens (including phenoxy) is 2. The Balaban J connectivity index is 1.49. The van der Waals surface area contributed by atoms with Gasteiger partial charge >= 0.3 is 0 Å². The predicted octanol–water partition coefficient (Wildman–Crippen LogP) is 4.40. The quantitative estimate of drug-likeness (QED) is 0.0896. The zero-order valence-corrected chi connectivity index (χ0v) is 25.4. The maximum absolute atomic E-state index is 12.3. The maximum atomic E-state index is 12.3. The van der Waals surface area contributed by atoms with E-state index in [0.717, 1.165) is 28.5 Å². The molecule has 5 rings (SSSR count). The van der Waals surface area contributed by atoms with Gasteiger partial charge in [0.1, 0.15) is 30.5 Å². The van der Waals surface area contributed by atoms with Crippen LogP contribution in [0.25, 0.3) is 5.76 Å². The summed E-state index contributed by atoms with van der Waals surface area (Å²) in [5, 5.41) is 15.9. The second-order valence-electron chi connectivity index (χ2n) is 11.1. The highest BCUT2D eigenvalue weighted by Crippen LogP contribution is 2.37. The number of hydroxylamine groups is 1. The number of nitrogens with one attached hydrogen (secondary N) is 1. The maximum Gasteiger partial charge on any atom is 0.271 e. The summed E-state index contributed by atoms with van der Waals surface area (Å²) in [6, 6.07) is 23.7. The first-order valence-electron chi connectivity index (χ1n) is 14.6. The van der Waals surface area contributed by atoms with Crippen LogP contribution in [-0.2, 0) is 35.7 Å². The molecule has 238 valence electrons. The SMILES string of the molecule is CC(C)c1cc(CCc2onc(C(N)=O)c2C2=CC(C=NO)(C(N)=O)NO2)c(OCc2ccccc2)cc1OCc1ccccc1. The molecule has 1 aromatic heterocycles. The van der Waals surface area contributed by atoms with Crippen LogP contribution < -0.4 is 26.4 Å². The van der Waals surface area contributed by atoms with E-state index in [-0.39, 0.29) is 35.1 Å². The fourth-order valence-electron chi connectivity index (χ4n) is 5.03. The van der Waals surface area contributed by atoms with Crippen LogP contribution in [0.1, 0.15) is 63.8 Å². The van der Waals surface area contributed by atoms with Gasteiger partial charge in [-0.3, -0.25) is 9.59 Å². The second-order valence-corrected chi connectivity index (χ2v) is 11.1. The van der Waals surface area contributed by atoms with Crippen LogP contribution in [-0.4, -0.2) is 33.9 Å². The Morgan fingerprint density at radius 2 is 1.61 bits per heavy atom. The van der Waals surface area contributed by atoms with Crippen molar-refractivity contribution in [1.29, 1.82) is 0 Å². The van der Waals surface area contributed by atoms with Gasteiger partial charge in [0.25, 0.3) is 11.8 Å². The highest BCUT2D eigenvalue weighted by molar-refractivity contribution is 6.07. The Hall–Kier alpha value is -5.62. The summed E-state index contributed by atoms with van der Waals surface area (Å²) in [7, 11) is 0. The zero-order chi connectivity index (χ0) is 32.7. The van der Waals surface area contributed by atoms with E-state index in [1.165, 1.54) is 6.08 Å². The van der Waals surface area contributed by atoms with Crippen LogP contribution in [0.2, 0.25) is 0 Å². The highest BCUT2D eigenvalue weighted by atomic mass is 16.7. The van der Waals surface area contributed by atoms with E-state index in [0.29, 0.717) is 31.1 Å². The van der Waals surface area contributed by atoms with E-state index in [2.05, 4.69) is 35.7 Å². The minimum atomic E-state index is -1.77. The third-order valence-electron chi connectivity index (χ3n) is 7.51. The molecule has 1 aliphatic rings. The van der Waals surface area contributed by atoms with Crippen molar-refractivity contribution >= 4 is 23.8 Å². The lowest BCUT2D eigenvalue weighted by Crippen LogP contribution is -2.52. The average molecular weight is 626 g/mol. The predicted molar refractivity (Wildman–Crippen MR) is 169 cm³/mol. The lowest BCUT2D eigenvalue weighted by Gasteiger charge is -2.20. The van der Waals surface area contributed by atoms with Gasteiger partial charge in [0, 0.05) is 12.5 Å². The van der Waals surface area contributed by atoms with Crippen molar-refractivity contribution in [1.82, 2.24) is 10.6 Å². The van der Waals surface area contributed by atoms with Crippen molar-refractivity contribution in [3.63, 3.8) is 0 Å². The number of benzene rings is 3. The Labute approximate surface area is 265 Å². The third-order valence-corrected chi connectivity index (χ3v) is 7.51. The number of rotatable bonds is 14. The monoisotopic (exact) mass is 625 g/mol. The van der Waals surface area contributed by atoms with Crippen molar-refractivity contribution in [2.75, 3.05) is 0 Å². The minimum Gasteiger partial charge on any atom is -0.488 e. The van der Waals surface area contributed by atoms with Crippen molar-refractivity contribution in [2.45, 2.75) is 51.4 Å². The van der Waals surface area contributed by atoms with E-state index < -0.39 is 17.4 Å².